The Labute approximate surface area is 205 Å². The topological polar surface area (TPSA) is 105 Å². The molecule has 3 unspecified atom stereocenters. The van der Waals surface area contributed by atoms with Crippen molar-refractivity contribution in [1.29, 1.82) is 0 Å². The van der Waals surface area contributed by atoms with E-state index in [-0.39, 0.29) is 37.4 Å². The molecule has 1 saturated heterocycles. The third-order valence-corrected chi connectivity index (χ3v) is 6.84. The summed E-state index contributed by atoms with van der Waals surface area (Å²) in [7, 11) is 1.44. The Kier molecular flexibility index (Phi) is 7.40. The second kappa shape index (κ2) is 10.5. The van der Waals surface area contributed by atoms with E-state index < -0.39 is 30.1 Å². The number of hydrogen-bond donors (Lipinski definition) is 2. The highest BCUT2D eigenvalue weighted by molar-refractivity contribution is 5.87. The smallest absolute Gasteiger partial charge is 0.407 e. The molecule has 0 saturated carbocycles. The molecule has 0 bridgehead atoms. The van der Waals surface area contributed by atoms with Gasteiger partial charge in [0.1, 0.15) is 18.6 Å². The van der Waals surface area contributed by atoms with Crippen molar-refractivity contribution < 1.29 is 29.0 Å². The summed E-state index contributed by atoms with van der Waals surface area (Å²) in [6, 6.07) is 15.4. The number of aliphatic carboxylic acids is 1. The maximum atomic E-state index is 13.2. The first kappa shape index (κ1) is 24.7. The van der Waals surface area contributed by atoms with Crippen LogP contribution in [0.3, 0.4) is 0 Å². The average Bonchev–Trinajstić information content (AvgIpc) is 3.41. The monoisotopic (exact) mass is 480 g/mol. The zero-order valence-electron chi connectivity index (χ0n) is 20.3. The lowest BCUT2D eigenvalue weighted by Crippen LogP contribution is -2.49. The Balaban J connectivity index is 1.43. The van der Waals surface area contributed by atoms with E-state index in [0.29, 0.717) is 6.42 Å². The van der Waals surface area contributed by atoms with Gasteiger partial charge in [0.05, 0.1) is 6.10 Å². The SMILES string of the molecule is COC1CN(C(=O)C(CC(C)C)NC(=O)OCC2c3ccccc3-c3ccccc32)CC1C(=O)O. The number of alkyl carbamates (subject to hydrolysis) is 1. The normalized spacial score (nSPS) is 19.8. The number of rotatable bonds is 8. The Morgan fingerprint density at radius 1 is 1.03 bits per heavy atom. The molecule has 8 heteroatoms. The molecule has 1 heterocycles. The van der Waals surface area contributed by atoms with E-state index in [2.05, 4.69) is 17.4 Å². The molecule has 0 radical (unpaired) electrons. The fraction of sp³-hybridized carbons (Fsp3) is 0.444. The summed E-state index contributed by atoms with van der Waals surface area (Å²) in [4.78, 5) is 39.1. The molecule has 3 atom stereocenters. The Morgan fingerprint density at radius 2 is 1.63 bits per heavy atom. The van der Waals surface area contributed by atoms with Crippen molar-refractivity contribution >= 4 is 18.0 Å². The van der Waals surface area contributed by atoms with Crippen molar-refractivity contribution in [2.24, 2.45) is 11.8 Å². The van der Waals surface area contributed by atoms with E-state index in [4.69, 9.17) is 9.47 Å². The van der Waals surface area contributed by atoms with Gasteiger partial charge in [0.2, 0.25) is 5.91 Å². The Morgan fingerprint density at radius 3 is 2.14 bits per heavy atom. The van der Waals surface area contributed by atoms with Crippen molar-refractivity contribution in [3.8, 4) is 11.1 Å². The minimum Gasteiger partial charge on any atom is -0.481 e. The molecule has 1 aliphatic carbocycles. The van der Waals surface area contributed by atoms with Crippen molar-refractivity contribution in [2.75, 3.05) is 26.8 Å². The molecule has 1 fully saturated rings. The fourth-order valence-electron chi connectivity index (χ4n) is 5.13. The number of nitrogens with one attached hydrogen (secondary N) is 1. The molecule has 2 aliphatic rings. The van der Waals surface area contributed by atoms with E-state index in [9.17, 15) is 19.5 Å². The number of likely N-dealkylation sites (tertiary alicyclic amines) is 1. The minimum absolute atomic E-state index is 0.0492. The molecule has 2 N–H and O–H groups in total. The van der Waals surface area contributed by atoms with Crippen LogP contribution in [-0.4, -0.2) is 66.9 Å². The molecule has 2 aromatic rings. The van der Waals surface area contributed by atoms with Crippen molar-refractivity contribution in [3.63, 3.8) is 0 Å². The van der Waals surface area contributed by atoms with Gasteiger partial charge in [-0.25, -0.2) is 4.79 Å². The molecule has 8 nitrogen and oxygen atoms in total. The van der Waals surface area contributed by atoms with Gasteiger partial charge in [0, 0.05) is 26.1 Å². The summed E-state index contributed by atoms with van der Waals surface area (Å²) in [5.74, 6) is -2.06. The standard InChI is InChI=1S/C27H32N2O6/c1-16(2)12-23(25(30)29-13-21(26(31)32)24(14-29)34-3)28-27(33)35-15-22-19-10-6-4-8-17(19)18-9-5-7-11-20(18)22/h4-11,16,21-24H,12-15H2,1-3H3,(H,28,33)(H,31,32). The second-order valence-electron chi connectivity index (χ2n) is 9.61. The second-order valence-corrected chi connectivity index (χ2v) is 9.61. The summed E-state index contributed by atoms with van der Waals surface area (Å²) < 4.78 is 10.9. The first-order chi connectivity index (χ1) is 16.8. The van der Waals surface area contributed by atoms with E-state index >= 15 is 0 Å². The van der Waals surface area contributed by atoms with Crippen LogP contribution in [0.5, 0.6) is 0 Å². The molecule has 4 rings (SSSR count). The molecule has 0 spiro atoms. The molecule has 186 valence electrons. The Bertz CT molecular complexity index is 1060. The first-order valence-electron chi connectivity index (χ1n) is 12.0. The van der Waals surface area contributed by atoms with E-state index in [1.807, 2.05) is 50.2 Å². The van der Waals surface area contributed by atoms with Gasteiger partial charge in [-0.2, -0.15) is 0 Å². The third-order valence-electron chi connectivity index (χ3n) is 6.84. The minimum atomic E-state index is -1.00. The predicted octanol–water partition coefficient (Wildman–Crippen LogP) is 3.50. The lowest BCUT2D eigenvalue weighted by molar-refractivity contribution is -0.144. The van der Waals surface area contributed by atoms with Crippen LogP contribution in [0.1, 0.15) is 37.3 Å². The number of nitrogens with zero attached hydrogens (tertiary/aromatic N) is 1. The van der Waals surface area contributed by atoms with Gasteiger partial charge < -0.3 is 24.8 Å². The zero-order valence-corrected chi connectivity index (χ0v) is 20.3. The quantitative estimate of drug-likeness (QED) is 0.599. The molecule has 2 amide bonds. The average molecular weight is 481 g/mol. The van der Waals surface area contributed by atoms with Gasteiger partial charge in [0.15, 0.2) is 0 Å². The van der Waals surface area contributed by atoms with Gasteiger partial charge in [-0.15, -0.1) is 0 Å². The largest absolute Gasteiger partial charge is 0.481 e. The molecular weight excluding hydrogens is 448 g/mol. The molecule has 0 aromatic heterocycles. The number of carboxylic acids is 1. The number of ether oxygens (including phenoxy) is 2. The van der Waals surface area contributed by atoms with Crippen LogP contribution in [0.4, 0.5) is 4.79 Å². The lowest BCUT2D eigenvalue weighted by atomic mass is 9.98. The van der Waals surface area contributed by atoms with Crippen LogP contribution in [0.2, 0.25) is 0 Å². The van der Waals surface area contributed by atoms with Crippen LogP contribution >= 0.6 is 0 Å². The van der Waals surface area contributed by atoms with Crippen LogP contribution < -0.4 is 5.32 Å². The molecule has 2 aromatic carbocycles. The van der Waals surface area contributed by atoms with Crippen LogP contribution in [0.25, 0.3) is 11.1 Å². The van der Waals surface area contributed by atoms with Gasteiger partial charge in [-0.3, -0.25) is 9.59 Å². The Hall–Kier alpha value is -3.39. The van der Waals surface area contributed by atoms with Crippen LogP contribution in [-0.2, 0) is 19.1 Å². The highest BCUT2D eigenvalue weighted by Gasteiger charge is 2.42. The summed E-state index contributed by atoms with van der Waals surface area (Å²) >= 11 is 0. The number of carbonyl (C=O) groups is 3. The van der Waals surface area contributed by atoms with Crippen LogP contribution in [0, 0.1) is 11.8 Å². The van der Waals surface area contributed by atoms with Crippen molar-refractivity contribution in [1.82, 2.24) is 10.2 Å². The maximum Gasteiger partial charge on any atom is 0.407 e. The number of fused-ring (bicyclic) bond motifs is 3. The summed E-state index contributed by atoms with van der Waals surface area (Å²) in [5.41, 5.74) is 4.50. The highest BCUT2D eigenvalue weighted by Crippen LogP contribution is 2.44. The van der Waals surface area contributed by atoms with Crippen molar-refractivity contribution in [2.45, 2.75) is 38.3 Å². The molecular formula is C27H32N2O6. The summed E-state index contributed by atoms with van der Waals surface area (Å²) in [6.45, 7) is 4.29. The number of hydrogen-bond acceptors (Lipinski definition) is 5. The predicted molar refractivity (Wildman–Crippen MR) is 130 cm³/mol. The van der Waals surface area contributed by atoms with E-state index in [1.165, 1.54) is 12.0 Å². The van der Waals surface area contributed by atoms with Gasteiger partial charge in [0.25, 0.3) is 0 Å². The first-order valence-corrected chi connectivity index (χ1v) is 12.0. The third kappa shape index (κ3) is 5.17. The molecule has 1 aliphatic heterocycles. The lowest BCUT2D eigenvalue weighted by Gasteiger charge is -2.25. The van der Waals surface area contributed by atoms with E-state index in [1.54, 1.807) is 0 Å². The van der Waals surface area contributed by atoms with Gasteiger partial charge >= 0.3 is 12.1 Å². The van der Waals surface area contributed by atoms with Crippen molar-refractivity contribution in [3.05, 3.63) is 59.7 Å². The number of amides is 2. The van der Waals surface area contributed by atoms with E-state index in [0.717, 1.165) is 22.3 Å². The molecule has 35 heavy (non-hydrogen) atoms. The summed E-state index contributed by atoms with van der Waals surface area (Å²) in [5, 5.41) is 12.2. The number of carboxylic acid groups (broad SMARTS) is 1. The highest BCUT2D eigenvalue weighted by atomic mass is 16.5. The number of methoxy groups -OCH3 is 1. The van der Waals surface area contributed by atoms with Crippen LogP contribution in [0.15, 0.2) is 48.5 Å². The van der Waals surface area contributed by atoms with Gasteiger partial charge in [-0.05, 0) is 34.6 Å². The zero-order chi connectivity index (χ0) is 25.1. The van der Waals surface area contributed by atoms with Gasteiger partial charge in [-0.1, -0.05) is 62.4 Å². The number of carbonyl (C=O) groups excluding carboxylic acids is 2. The number of benzene rings is 2. The maximum absolute atomic E-state index is 13.2. The summed E-state index contributed by atoms with van der Waals surface area (Å²) in [6.07, 6.45) is -0.830. The fourth-order valence-corrected chi connectivity index (χ4v) is 5.13.